The smallest absolute Gasteiger partial charge is 0.361 e. The minimum absolute atomic E-state index is 0.182. The van der Waals surface area contributed by atoms with E-state index in [1.165, 1.54) is 257 Å². The first-order valence-electron chi connectivity index (χ1n) is 45.0. The van der Waals surface area contributed by atoms with Gasteiger partial charge in [-0.15, -0.1) is 0 Å². The largest absolute Gasteiger partial charge is 0.477 e. The molecule has 0 aliphatic heterocycles. The number of esters is 2. The van der Waals surface area contributed by atoms with Crippen molar-refractivity contribution < 1.29 is 42.9 Å². The summed E-state index contributed by atoms with van der Waals surface area (Å²) in [7, 11) is 5.99. The number of carboxylic acids is 1. The maximum absolute atomic E-state index is 13.0. The fourth-order valence-electron chi connectivity index (χ4n) is 12.9. The average molecular weight is 1490 g/mol. The number of aliphatic carboxylic acids is 1. The van der Waals surface area contributed by atoms with Crippen LogP contribution in [0.1, 0.15) is 399 Å². The number of allylic oxidation sites excluding steroid dienone is 24. The fraction of sp³-hybridized carbons (Fsp3) is 0.724. The highest BCUT2D eigenvalue weighted by molar-refractivity contribution is 5.71. The minimum Gasteiger partial charge on any atom is -0.477 e. The van der Waals surface area contributed by atoms with Crippen molar-refractivity contribution in [3.8, 4) is 0 Å². The summed E-state index contributed by atoms with van der Waals surface area (Å²) in [5.74, 6) is -1.99. The Balaban J connectivity index is 3.95. The van der Waals surface area contributed by atoms with Crippen LogP contribution in [0.2, 0.25) is 0 Å². The summed E-state index contributed by atoms with van der Waals surface area (Å²) in [6, 6.07) is 0. The summed E-state index contributed by atoms with van der Waals surface area (Å²) in [5, 5.41) is 9.80. The van der Waals surface area contributed by atoms with Crippen molar-refractivity contribution in [1.82, 2.24) is 0 Å². The first-order chi connectivity index (χ1) is 52.6. The molecule has 2 atom stereocenters. The van der Waals surface area contributed by atoms with E-state index in [2.05, 4.69) is 160 Å². The van der Waals surface area contributed by atoms with Gasteiger partial charge in [-0.05, 0) is 116 Å². The monoisotopic (exact) mass is 1490 g/mol. The van der Waals surface area contributed by atoms with Crippen LogP contribution in [0.4, 0.5) is 0 Å². The summed E-state index contributed by atoms with van der Waals surface area (Å²) in [6.45, 7) is 4.69. The van der Waals surface area contributed by atoms with E-state index in [1.54, 1.807) is 0 Å². The number of carboxylic acid groups (broad SMARTS) is 1. The van der Waals surface area contributed by atoms with Crippen molar-refractivity contribution in [1.29, 1.82) is 0 Å². The van der Waals surface area contributed by atoms with E-state index in [1.807, 2.05) is 21.1 Å². The molecule has 2 unspecified atom stereocenters. The summed E-state index contributed by atoms with van der Waals surface area (Å²) in [6.07, 6.45) is 125. The SMILES string of the molecule is CC/C=C\C/C=C\C/C=C\C/C=C\C/C=C\C/C=C\C/C=C\C/C=C\CCCCCCCCCCCCCCCCCCC(=O)OC(COC(=O)CCCCCCCCCCCCCCCCCCCCCCCCCCCCCC/C=C\C/C=C\C/C=C\C/C=C\CC)COC(OCC[N+](C)(C)C)C(=O)O. The Morgan fingerprint density at radius 2 is 0.505 bits per heavy atom. The van der Waals surface area contributed by atoms with Gasteiger partial charge in [-0.1, -0.05) is 417 Å². The number of carbonyl (C=O) groups excluding carboxylic acids is 2. The molecule has 0 saturated carbocycles. The second-order valence-electron chi connectivity index (χ2n) is 31.1. The van der Waals surface area contributed by atoms with E-state index in [9.17, 15) is 19.5 Å². The second kappa shape index (κ2) is 86.8. The number of nitrogens with zero attached hydrogens (tertiary/aromatic N) is 1. The molecule has 0 radical (unpaired) electrons. The van der Waals surface area contributed by atoms with Gasteiger partial charge >= 0.3 is 17.9 Å². The summed E-state index contributed by atoms with van der Waals surface area (Å²) in [4.78, 5) is 37.8. The maximum Gasteiger partial charge on any atom is 0.361 e. The zero-order valence-corrected chi connectivity index (χ0v) is 70.5. The van der Waals surface area contributed by atoms with Crippen LogP contribution in [0, 0.1) is 0 Å². The van der Waals surface area contributed by atoms with Crippen LogP contribution in [-0.2, 0) is 33.3 Å². The molecule has 0 fully saturated rings. The molecule has 0 aromatic carbocycles. The van der Waals surface area contributed by atoms with E-state index in [4.69, 9.17) is 18.9 Å². The van der Waals surface area contributed by atoms with Crippen molar-refractivity contribution in [3.05, 3.63) is 146 Å². The molecule has 9 nitrogen and oxygen atoms in total. The molecule has 0 bridgehead atoms. The lowest BCUT2D eigenvalue weighted by Crippen LogP contribution is -2.40. The Bertz CT molecular complexity index is 2290. The summed E-state index contributed by atoms with van der Waals surface area (Å²) >= 11 is 0. The molecule has 1 N–H and O–H groups in total. The molecule has 9 heteroatoms. The molecule has 0 aliphatic carbocycles. The normalized spacial score (nSPS) is 13.3. The Hall–Kier alpha value is -4.83. The highest BCUT2D eigenvalue weighted by Gasteiger charge is 2.25. The summed E-state index contributed by atoms with van der Waals surface area (Å²) in [5.41, 5.74) is 0. The van der Waals surface area contributed by atoms with E-state index in [-0.39, 0.29) is 32.2 Å². The van der Waals surface area contributed by atoms with Crippen molar-refractivity contribution >= 4 is 17.9 Å². The zero-order valence-electron chi connectivity index (χ0n) is 70.5. The second-order valence-corrected chi connectivity index (χ2v) is 31.1. The lowest BCUT2D eigenvalue weighted by molar-refractivity contribution is -0.870. The van der Waals surface area contributed by atoms with Crippen LogP contribution in [0.15, 0.2) is 146 Å². The van der Waals surface area contributed by atoms with Gasteiger partial charge in [0.1, 0.15) is 13.2 Å². The third-order valence-corrected chi connectivity index (χ3v) is 19.6. The molecule has 0 aromatic rings. The van der Waals surface area contributed by atoms with Crippen molar-refractivity contribution in [2.45, 2.75) is 411 Å². The third kappa shape index (κ3) is 88.3. The third-order valence-electron chi connectivity index (χ3n) is 19.6. The molecule has 0 heterocycles. The van der Waals surface area contributed by atoms with Crippen LogP contribution < -0.4 is 0 Å². The molecule has 0 spiro atoms. The van der Waals surface area contributed by atoms with Crippen LogP contribution in [0.25, 0.3) is 0 Å². The first kappa shape index (κ1) is 102. The van der Waals surface area contributed by atoms with Gasteiger partial charge in [0, 0.05) is 12.8 Å². The molecule has 0 aliphatic rings. The number of carbonyl (C=O) groups is 3. The molecular formula is C98H170NO8+. The molecule has 0 saturated heterocycles. The van der Waals surface area contributed by atoms with Gasteiger partial charge in [-0.25, -0.2) is 4.79 Å². The van der Waals surface area contributed by atoms with Gasteiger partial charge in [0.2, 0.25) is 0 Å². The fourth-order valence-corrected chi connectivity index (χ4v) is 12.9. The lowest BCUT2D eigenvalue weighted by atomic mass is 10.0. The van der Waals surface area contributed by atoms with Crippen molar-refractivity contribution in [2.24, 2.45) is 0 Å². The molecular weight excluding hydrogens is 1320 g/mol. The van der Waals surface area contributed by atoms with Crippen LogP contribution in [0.5, 0.6) is 0 Å². The van der Waals surface area contributed by atoms with Gasteiger partial charge in [0.25, 0.3) is 6.29 Å². The summed E-state index contributed by atoms with van der Waals surface area (Å²) < 4.78 is 23.1. The number of unbranched alkanes of at least 4 members (excludes halogenated alkanes) is 44. The Morgan fingerprint density at radius 3 is 0.748 bits per heavy atom. The number of likely N-dealkylation sites (N-methyl/N-ethyl adjacent to an activating group) is 1. The first-order valence-corrected chi connectivity index (χ1v) is 45.0. The van der Waals surface area contributed by atoms with Crippen molar-refractivity contribution in [3.63, 3.8) is 0 Å². The van der Waals surface area contributed by atoms with Gasteiger partial charge in [-0.3, -0.25) is 9.59 Å². The van der Waals surface area contributed by atoms with E-state index < -0.39 is 24.3 Å². The van der Waals surface area contributed by atoms with Crippen molar-refractivity contribution in [2.75, 3.05) is 47.5 Å². The number of hydrogen-bond acceptors (Lipinski definition) is 7. The number of hydrogen-bond donors (Lipinski definition) is 1. The molecule has 107 heavy (non-hydrogen) atoms. The number of quaternary nitrogens is 1. The van der Waals surface area contributed by atoms with Gasteiger partial charge < -0.3 is 28.5 Å². The molecule has 0 amide bonds. The quantitative estimate of drug-likeness (QED) is 0.0211. The molecule has 0 rings (SSSR count). The lowest BCUT2D eigenvalue weighted by Gasteiger charge is -2.25. The topological polar surface area (TPSA) is 108 Å². The van der Waals surface area contributed by atoms with Gasteiger partial charge in [0.05, 0.1) is 34.4 Å². The highest BCUT2D eigenvalue weighted by atomic mass is 16.7. The predicted octanol–water partition coefficient (Wildman–Crippen LogP) is 29.7. The molecule has 614 valence electrons. The Morgan fingerprint density at radius 1 is 0.280 bits per heavy atom. The van der Waals surface area contributed by atoms with E-state index in [0.717, 1.165) is 116 Å². The van der Waals surface area contributed by atoms with E-state index in [0.29, 0.717) is 17.4 Å². The van der Waals surface area contributed by atoms with Crippen LogP contribution in [-0.4, -0.2) is 87.4 Å². The minimum atomic E-state index is -1.52. The number of rotatable bonds is 83. The average Bonchev–Trinajstić information content (AvgIpc) is 0.965. The Kier molecular flexibility index (Phi) is 82.8. The zero-order chi connectivity index (χ0) is 77.4. The molecule has 0 aromatic heterocycles. The van der Waals surface area contributed by atoms with E-state index >= 15 is 0 Å². The Labute approximate surface area is 662 Å². The number of ether oxygens (including phenoxy) is 4. The predicted molar refractivity (Wildman–Crippen MR) is 465 cm³/mol. The highest BCUT2D eigenvalue weighted by Crippen LogP contribution is 2.20. The van der Waals surface area contributed by atoms with Crippen LogP contribution in [0.3, 0.4) is 0 Å². The van der Waals surface area contributed by atoms with Crippen LogP contribution >= 0.6 is 0 Å². The standard InChI is InChI=1S/C98H169NO8/c1-6-8-10-12-14-16-18-20-22-24-26-28-30-32-34-36-38-40-42-44-46-48-50-52-54-56-58-60-62-64-66-68-70-72-74-76-78-80-82-84-86-88-95(100)105-92-94(93-106-98(97(102)103)104-91-90-99(3,4)5)107-96(101)89-87-85-83-81-79-77-75-73-71-69-67-65-63-61-59-57-55-53-51-49-47-45-43-41-39-37-35-33-31-29-27-25-23-21-19-17-15-13-11-9-7-2/h8-11,14-17,20-23,26-29,33,35,39,41,45,47,51,53,94,98H,6-7,12-13,18-19,24-25,30-32,34,36-38,40,42-44,46,48-50,52,54-93H2,1-5H3/p+1/b10-8-,11-9-,16-14-,17-15-,22-20-,23-21-,28-26-,29-27-,35-33-,41-39-,47-45-,53-51-. The van der Waals surface area contributed by atoms with Gasteiger partial charge in [-0.2, -0.15) is 0 Å². The van der Waals surface area contributed by atoms with Gasteiger partial charge in [0.15, 0.2) is 6.10 Å². The maximum atomic E-state index is 13.0.